The second-order valence-corrected chi connectivity index (χ2v) is 2.28. The van der Waals surface area contributed by atoms with E-state index in [2.05, 4.69) is 11.6 Å². The number of nitrogens with zero attached hydrogens (tertiary/aromatic N) is 1. The fraction of sp³-hybridized carbons (Fsp3) is 0.333. The number of allylic oxidation sites excluding steroid dienone is 3. The third kappa shape index (κ3) is 4.25. The molecular formula is C9H13NO. The van der Waals surface area contributed by atoms with E-state index in [-0.39, 0.29) is 5.78 Å². The summed E-state index contributed by atoms with van der Waals surface area (Å²) in [6.07, 6.45) is 3.44. The van der Waals surface area contributed by atoms with Gasteiger partial charge < -0.3 is 0 Å². The van der Waals surface area contributed by atoms with Crippen molar-refractivity contribution in [3.63, 3.8) is 0 Å². The zero-order valence-electron chi connectivity index (χ0n) is 7.22. The predicted octanol–water partition coefficient (Wildman–Crippen LogP) is 1.78. The zero-order chi connectivity index (χ0) is 8.85. The number of ketones is 1. The Morgan fingerprint density at radius 3 is 2.27 bits per heavy atom. The molecule has 0 aromatic carbocycles. The van der Waals surface area contributed by atoms with Crippen LogP contribution in [0, 0.1) is 0 Å². The summed E-state index contributed by atoms with van der Waals surface area (Å²) in [4.78, 5) is 14.6. The summed E-state index contributed by atoms with van der Waals surface area (Å²) in [5, 5.41) is 0. The molecule has 0 bridgehead atoms. The van der Waals surface area contributed by atoms with Crippen LogP contribution in [0.1, 0.15) is 13.8 Å². The lowest BCUT2D eigenvalue weighted by Gasteiger charge is -1.90. The number of rotatable bonds is 3. The molecule has 0 aliphatic carbocycles. The molecule has 0 spiro atoms. The van der Waals surface area contributed by atoms with Gasteiger partial charge in [0.1, 0.15) is 0 Å². The first kappa shape index (κ1) is 9.82. The molecule has 2 nitrogen and oxygen atoms in total. The molecule has 0 radical (unpaired) electrons. The van der Waals surface area contributed by atoms with Gasteiger partial charge in [0.25, 0.3) is 0 Å². The highest BCUT2D eigenvalue weighted by Crippen LogP contribution is 1.94. The first-order valence-corrected chi connectivity index (χ1v) is 3.39. The highest BCUT2D eigenvalue weighted by molar-refractivity contribution is 5.99. The third-order valence-electron chi connectivity index (χ3n) is 1.33. The Labute approximate surface area is 67.3 Å². The first-order valence-electron chi connectivity index (χ1n) is 3.39. The van der Waals surface area contributed by atoms with Crippen molar-refractivity contribution in [1.82, 2.24) is 0 Å². The van der Waals surface area contributed by atoms with E-state index in [9.17, 15) is 4.79 Å². The smallest absolute Gasteiger partial charge is 0.159 e. The van der Waals surface area contributed by atoms with Crippen molar-refractivity contribution in [2.24, 2.45) is 4.99 Å². The van der Waals surface area contributed by atoms with Gasteiger partial charge in [0.15, 0.2) is 5.78 Å². The van der Waals surface area contributed by atoms with E-state index in [1.54, 1.807) is 19.2 Å². The molecule has 0 heterocycles. The monoisotopic (exact) mass is 151 g/mol. The molecule has 0 aliphatic heterocycles. The molecule has 0 aromatic heterocycles. The number of Topliss-reactive ketones (excluding diaryl/α,β-unsaturated/α-hetero) is 1. The maximum atomic E-state index is 10.7. The van der Waals surface area contributed by atoms with E-state index in [0.29, 0.717) is 5.57 Å². The molecular weight excluding hydrogens is 138 g/mol. The van der Waals surface area contributed by atoms with E-state index in [1.807, 2.05) is 6.92 Å². The van der Waals surface area contributed by atoms with E-state index in [4.69, 9.17) is 0 Å². The third-order valence-corrected chi connectivity index (χ3v) is 1.33. The van der Waals surface area contributed by atoms with Crippen LogP contribution >= 0.6 is 0 Å². The van der Waals surface area contributed by atoms with Crippen LogP contribution in [0.3, 0.4) is 0 Å². The molecule has 0 aromatic rings. The lowest BCUT2D eigenvalue weighted by Crippen LogP contribution is -1.91. The number of aliphatic imine (C=N–C) groups is 1. The second-order valence-electron chi connectivity index (χ2n) is 2.28. The van der Waals surface area contributed by atoms with Crippen LogP contribution in [0.4, 0.5) is 0 Å². The topological polar surface area (TPSA) is 29.4 Å². The Morgan fingerprint density at radius 2 is 1.91 bits per heavy atom. The van der Waals surface area contributed by atoms with E-state index in [0.717, 1.165) is 5.71 Å². The van der Waals surface area contributed by atoms with Gasteiger partial charge in [-0.2, -0.15) is 0 Å². The SMILES string of the molecule is C=C(/C=C\C(C)=NC)C(C)=O. The van der Waals surface area contributed by atoms with Crippen LogP contribution in [-0.4, -0.2) is 18.5 Å². The van der Waals surface area contributed by atoms with Gasteiger partial charge >= 0.3 is 0 Å². The van der Waals surface area contributed by atoms with Crippen molar-refractivity contribution in [2.45, 2.75) is 13.8 Å². The molecule has 0 saturated carbocycles. The average molecular weight is 151 g/mol. The molecule has 0 amide bonds. The molecule has 0 fully saturated rings. The summed E-state index contributed by atoms with van der Waals surface area (Å²) in [7, 11) is 1.70. The zero-order valence-corrected chi connectivity index (χ0v) is 7.22. The minimum Gasteiger partial charge on any atom is -0.295 e. The van der Waals surface area contributed by atoms with Crippen LogP contribution in [0.2, 0.25) is 0 Å². The minimum atomic E-state index is -0.00912. The quantitative estimate of drug-likeness (QED) is 0.343. The molecule has 0 N–H and O–H groups in total. The Bertz CT molecular complexity index is 224. The van der Waals surface area contributed by atoms with Gasteiger partial charge in [0.2, 0.25) is 0 Å². The number of carbonyl (C=O) groups is 1. The Balaban J connectivity index is 4.15. The van der Waals surface area contributed by atoms with Gasteiger partial charge in [-0.25, -0.2) is 0 Å². The van der Waals surface area contributed by atoms with Gasteiger partial charge in [-0.3, -0.25) is 9.79 Å². The molecule has 60 valence electrons. The normalized spacial score (nSPS) is 12.1. The van der Waals surface area contributed by atoms with Crippen molar-refractivity contribution in [3.05, 3.63) is 24.3 Å². The van der Waals surface area contributed by atoms with E-state index >= 15 is 0 Å². The average Bonchev–Trinajstić information content (AvgIpc) is 1.99. The lowest BCUT2D eigenvalue weighted by atomic mass is 10.2. The maximum Gasteiger partial charge on any atom is 0.159 e. The number of hydrogen-bond acceptors (Lipinski definition) is 2. The molecule has 2 heteroatoms. The Kier molecular flexibility index (Phi) is 4.11. The molecule has 0 aliphatic rings. The van der Waals surface area contributed by atoms with Gasteiger partial charge in [0, 0.05) is 18.3 Å². The lowest BCUT2D eigenvalue weighted by molar-refractivity contribution is -0.113. The summed E-state index contributed by atoms with van der Waals surface area (Å²) < 4.78 is 0. The maximum absolute atomic E-state index is 10.7. The summed E-state index contributed by atoms with van der Waals surface area (Å²) >= 11 is 0. The van der Waals surface area contributed by atoms with Crippen LogP contribution in [0.5, 0.6) is 0 Å². The first-order chi connectivity index (χ1) is 5.07. The van der Waals surface area contributed by atoms with Crippen LogP contribution < -0.4 is 0 Å². The molecule has 0 atom stereocenters. The van der Waals surface area contributed by atoms with Gasteiger partial charge in [-0.05, 0) is 19.9 Å². The standard InChI is InChI=1S/C9H13NO/c1-7(9(3)11)5-6-8(2)10-4/h5-6H,1H2,2-4H3/b6-5-,10-8?. The van der Waals surface area contributed by atoms with E-state index in [1.165, 1.54) is 6.92 Å². The second kappa shape index (κ2) is 4.61. The highest BCUT2D eigenvalue weighted by atomic mass is 16.1. The Morgan fingerprint density at radius 1 is 1.36 bits per heavy atom. The largest absolute Gasteiger partial charge is 0.295 e. The number of carbonyl (C=O) groups excluding carboxylic acids is 1. The summed E-state index contributed by atoms with van der Waals surface area (Å²) in [6, 6.07) is 0. The van der Waals surface area contributed by atoms with Gasteiger partial charge in [-0.1, -0.05) is 12.7 Å². The van der Waals surface area contributed by atoms with Crippen LogP contribution in [0.15, 0.2) is 29.3 Å². The summed E-state index contributed by atoms with van der Waals surface area (Å²) in [5.41, 5.74) is 1.39. The van der Waals surface area contributed by atoms with Crippen LogP contribution in [0.25, 0.3) is 0 Å². The Hall–Kier alpha value is -1.18. The van der Waals surface area contributed by atoms with Crippen molar-refractivity contribution >= 4 is 11.5 Å². The fourth-order valence-corrected chi connectivity index (χ4v) is 0.413. The minimum absolute atomic E-state index is 0.00912. The molecule has 0 unspecified atom stereocenters. The molecule has 11 heavy (non-hydrogen) atoms. The molecule has 0 rings (SSSR count). The van der Waals surface area contributed by atoms with Crippen molar-refractivity contribution in [1.29, 1.82) is 0 Å². The van der Waals surface area contributed by atoms with Crippen molar-refractivity contribution in [3.8, 4) is 0 Å². The fourth-order valence-electron chi connectivity index (χ4n) is 0.413. The predicted molar refractivity (Wildman–Crippen MR) is 48.0 cm³/mol. The van der Waals surface area contributed by atoms with Crippen molar-refractivity contribution < 1.29 is 4.79 Å². The highest BCUT2D eigenvalue weighted by Gasteiger charge is 1.92. The van der Waals surface area contributed by atoms with E-state index < -0.39 is 0 Å². The van der Waals surface area contributed by atoms with Crippen molar-refractivity contribution in [2.75, 3.05) is 7.05 Å². The van der Waals surface area contributed by atoms with Gasteiger partial charge in [0.05, 0.1) is 0 Å². The van der Waals surface area contributed by atoms with Gasteiger partial charge in [-0.15, -0.1) is 0 Å². The number of hydrogen-bond donors (Lipinski definition) is 0. The summed E-state index contributed by atoms with van der Waals surface area (Å²) in [6.45, 7) is 6.93. The van der Waals surface area contributed by atoms with Crippen LogP contribution in [-0.2, 0) is 4.79 Å². The molecule has 0 saturated heterocycles. The summed E-state index contributed by atoms with van der Waals surface area (Å²) in [5.74, 6) is -0.00912.